The summed E-state index contributed by atoms with van der Waals surface area (Å²) in [6.07, 6.45) is 0.141. The molecule has 1 aromatic heterocycles. The third-order valence-corrected chi connectivity index (χ3v) is 3.35. The fourth-order valence-corrected chi connectivity index (χ4v) is 2.30. The van der Waals surface area contributed by atoms with Crippen LogP contribution in [0.3, 0.4) is 0 Å². The van der Waals surface area contributed by atoms with E-state index in [4.69, 9.17) is 15.2 Å². The van der Waals surface area contributed by atoms with Crippen molar-refractivity contribution in [2.45, 2.75) is 19.1 Å². The summed E-state index contributed by atoms with van der Waals surface area (Å²) in [5, 5.41) is 3.34. The van der Waals surface area contributed by atoms with E-state index in [1.807, 2.05) is 0 Å². The van der Waals surface area contributed by atoms with Gasteiger partial charge < -0.3 is 20.5 Å². The van der Waals surface area contributed by atoms with Gasteiger partial charge in [-0.15, -0.1) is 0 Å². The molecule has 106 valence electrons. The summed E-state index contributed by atoms with van der Waals surface area (Å²) in [7, 11) is 3.28. The first-order valence-electron chi connectivity index (χ1n) is 6.36. The van der Waals surface area contributed by atoms with Crippen molar-refractivity contribution in [1.82, 2.24) is 14.9 Å². The minimum atomic E-state index is 0.141. The molecule has 2 atom stereocenters. The van der Waals surface area contributed by atoms with Crippen molar-refractivity contribution < 1.29 is 9.47 Å². The molecule has 0 aliphatic carbocycles. The van der Waals surface area contributed by atoms with Gasteiger partial charge in [0, 0.05) is 26.3 Å². The number of aromatic nitrogens is 2. The first kappa shape index (κ1) is 13.8. The van der Waals surface area contributed by atoms with Crippen LogP contribution in [0.25, 0.3) is 0 Å². The highest BCUT2D eigenvalue weighted by Crippen LogP contribution is 2.20. The summed E-state index contributed by atoms with van der Waals surface area (Å²) in [4.78, 5) is 10.5. The number of hydrogen-bond acceptors (Lipinski definition) is 7. The van der Waals surface area contributed by atoms with Crippen LogP contribution in [0.5, 0.6) is 5.88 Å². The fourth-order valence-electron chi connectivity index (χ4n) is 2.30. The smallest absolute Gasteiger partial charge is 0.225 e. The molecule has 1 aromatic rings. The molecule has 0 spiro atoms. The van der Waals surface area contributed by atoms with E-state index in [-0.39, 0.29) is 18.1 Å². The van der Waals surface area contributed by atoms with Crippen LogP contribution in [-0.4, -0.2) is 60.9 Å². The van der Waals surface area contributed by atoms with Crippen molar-refractivity contribution in [1.29, 1.82) is 0 Å². The molecular formula is C12H21N5O2. The van der Waals surface area contributed by atoms with Crippen molar-refractivity contribution in [3.63, 3.8) is 0 Å². The van der Waals surface area contributed by atoms with E-state index >= 15 is 0 Å². The minimum absolute atomic E-state index is 0.141. The molecule has 1 aliphatic heterocycles. The molecule has 0 saturated carbocycles. The van der Waals surface area contributed by atoms with E-state index in [0.29, 0.717) is 11.7 Å². The van der Waals surface area contributed by atoms with Crippen LogP contribution in [0.1, 0.15) is 6.92 Å². The lowest BCUT2D eigenvalue weighted by Gasteiger charge is -2.19. The SMILES string of the molecule is CCN1C[C@H](Nc2cc(OC)nc(N)n2)[C@@H](OC)C1. The summed E-state index contributed by atoms with van der Waals surface area (Å²) in [5.41, 5.74) is 5.65. The number of nitrogen functional groups attached to an aromatic ring is 1. The molecule has 1 aliphatic rings. The van der Waals surface area contributed by atoms with Gasteiger partial charge in [0.15, 0.2) is 0 Å². The van der Waals surface area contributed by atoms with Crippen LogP contribution in [0.15, 0.2) is 6.07 Å². The quantitative estimate of drug-likeness (QED) is 0.788. The Morgan fingerprint density at radius 3 is 2.84 bits per heavy atom. The highest BCUT2D eigenvalue weighted by molar-refractivity contribution is 5.44. The van der Waals surface area contributed by atoms with Gasteiger partial charge in [-0.3, -0.25) is 4.90 Å². The topological polar surface area (TPSA) is 85.5 Å². The Bertz CT molecular complexity index is 429. The van der Waals surface area contributed by atoms with Gasteiger partial charge in [0.05, 0.1) is 19.3 Å². The number of hydrogen-bond donors (Lipinski definition) is 2. The van der Waals surface area contributed by atoms with Gasteiger partial charge in [-0.25, -0.2) is 0 Å². The number of nitrogens with two attached hydrogens (primary N) is 1. The highest BCUT2D eigenvalue weighted by Gasteiger charge is 2.32. The lowest BCUT2D eigenvalue weighted by Crippen LogP contribution is -2.34. The average molecular weight is 267 g/mol. The monoisotopic (exact) mass is 267 g/mol. The van der Waals surface area contributed by atoms with E-state index in [1.165, 1.54) is 0 Å². The van der Waals surface area contributed by atoms with Gasteiger partial charge in [-0.05, 0) is 6.54 Å². The third kappa shape index (κ3) is 3.24. The zero-order chi connectivity index (χ0) is 13.8. The molecule has 19 heavy (non-hydrogen) atoms. The van der Waals surface area contributed by atoms with Gasteiger partial charge in [-0.1, -0.05) is 6.92 Å². The second-order valence-corrected chi connectivity index (χ2v) is 4.53. The Morgan fingerprint density at radius 2 is 2.21 bits per heavy atom. The Kier molecular flexibility index (Phi) is 4.39. The molecule has 0 unspecified atom stereocenters. The van der Waals surface area contributed by atoms with E-state index in [2.05, 4.69) is 27.1 Å². The van der Waals surface area contributed by atoms with Crippen LogP contribution in [0, 0.1) is 0 Å². The predicted molar refractivity (Wildman–Crippen MR) is 73.3 cm³/mol. The van der Waals surface area contributed by atoms with Crippen molar-refractivity contribution in [3.8, 4) is 5.88 Å². The molecule has 7 nitrogen and oxygen atoms in total. The normalized spacial score (nSPS) is 23.5. The number of likely N-dealkylation sites (N-methyl/N-ethyl adjacent to an activating group) is 1. The Balaban J connectivity index is 2.09. The van der Waals surface area contributed by atoms with Gasteiger partial charge >= 0.3 is 0 Å². The Morgan fingerprint density at radius 1 is 1.42 bits per heavy atom. The molecule has 0 amide bonds. The second-order valence-electron chi connectivity index (χ2n) is 4.53. The molecular weight excluding hydrogens is 246 g/mol. The Hall–Kier alpha value is -1.60. The van der Waals surface area contributed by atoms with Crippen molar-refractivity contribution in [2.24, 2.45) is 0 Å². The first-order chi connectivity index (χ1) is 9.16. The maximum Gasteiger partial charge on any atom is 0.225 e. The average Bonchev–Trinajstić information content (AvgIpc) is 2.80. The molecule has 0 radical (unpaired) electrons. The standard InChI is InChI=1S/C12H21N5O2/c1-4-17-6-8(9(7-17)18-2)14-10-5-11(19-3)16-12(13)15-10/h5,8-9H,4,6-7H2,1-3H3,(H3,13,14,15,16)/t8-,9-/m0/s1. The Labute approximate surface area is 113 Å². The van der Waals surface area contributed by atoms with E-state index < -0.39 is 0 Å². The summed E-state index contributed by atoms with van der Waals surface area (Å²) in [6, 6.07) is 1.92. The minimum Gasteiger partial charge on any atom is -0.481 e. The third-order valence-electron chi connectivity index (χ3n) is 3.35. The molecule has 2 heterocycles. The summed E-state index contributed by atoms with van der Waals surface area (Å²) >= 11 is 0. The van der Waals surface area contributed by atoms with Gasteiger partial charge in [0.2, 0.25) is 11.8 Å². The number of rotatable bonds is 5. The maximum atomic E-state index is 5.65. The summed E-state index contributed by atoms with van der Waals surface area (Å²) < 4.78 is 10.6. The number of ether oxygens (including phenoxy) is 2. The predicted octanol–water partition coefficient (Wildman–Crippen LogP) is 0.198. The van der Waals surface area contributed by atoms with Gasteiger partial charge in [-0.2, -0.15) is 9.97 Å². The van der Waals surface area contributed by atoms with Crippen LogP contribution in [-0.2, 0) is 4.74 Å². The molecule has 0 aromatic carbocycles. The highest BCUT2D eigenvalue weighted by atomic mass is 16.5. The zero-order valence-corrected chi connectivity index (χ0v) is 11.6. The molecule has 2 rings (SSSR count). The second kappa shape index (κ2) is 6.03. The number of methoxy groups -OCH3 is 2. The first-order valence-corrected chi connectivity index (χ1v) is 6.36. The lowest BCUT2D eigenvalue weighted by atomic mass is 10.2. The maximum absolute atomic E-state index is 5.65. The van der Waals surface area contributed by atoms with Crippen LogP contribution >= 0.6 is 0 Å². The summed E-state index contributed by atoms with van der Waals surface area (Å²) in [6.45, 7) is 4.98. The molecule has 1 saturated heterocycles. The number of nitrogens with one attached hydrogen (secondary N) is 1. The van der Waals surface area contributed by atoms with E-state index in [1.54, 1.807) is 20.3 Å². The lowest BCUT2D eigenvalue weighted by molar-refractivity contribution is 0.102. The fraction of sp³-hybridized carbons (Fsp3) is 0.667. The molecule has 3 N–H and O–H groups in total. The number of anilines is 2. The van der Waals surface area contributed by atoms with Crippen molar-refractivity contribution >= 4 is 11.8 Å². The van der Waals surface area contributed by atoms with Crippen LogP contribution < -0.4 is 15.8 Å². The van der Waals surface area contributed by atoms with Crippen LogP contribution in [0.4, 0.5) is 11.8 Å². The van der Waals surface area contributed by atoms with E-state index in [0.717, 1.165) is 19.6 Å². The number of nitrogens with zero attached hydrogens (tertiary/aromatic N) is 3. The van der Waals surface area contributed by atoms with Crippen molar-refractivity contribution in [3.05, 3.63) is 6.07 Å². The van der Waals surface area contributed by atoms with Gasteiger partial charge in [0.1, 0.15) is 5.82 Å². The largest absolute Gasteiger partial charge is 0.481 e. The summed E-state index contributed by atoms with van der Waals surface area (Å²) in [5.74, 6) is 1.31. The number of likely N-dealkylation sites (tertiary alicyclic amines) is 1. The molecule has 1 fully saturated rings. The van der Waals surface area contributed by atoms with Crippen molar-refractivity contribution in [2.75, 3.05) is 44.9 Å². The molecule has 0 bridgehead atoms. The zero-order valence-electron chi connectivity index (χ0n) is 11.6. The molecule has 7 heteroatoms. The van der Waals surface area contributed by atoms with Gasteiger partial charge in [0.25, 0.3) is 0 Å². The van der Waals surface area contributed by atoms with E-state index in [9.17, 15) is 0 Å². The van der Waals surface area contributed by atoms with Crippen LogP contribution in [0.2, 0.25) is 0 Å².